The summed E-state index contributed by atoms with van der Waals surface area (Å²) in [6.45, 7) is 14.6. The third-order valence-electron chi connectivity index (χ3n) is 9.16. The normalized spacial score (nSPS) is 13.3. The lowest BCUT2D eigenvalue weighted by Crippen LogP contribution is -2.42. The van der Waals surface area contributed by atoms with Crippen LogP contribution < -0.4 is 0 Å². The molecular weight excluding hydrogens is 524 g/mol. The van der Waals surface area contributed by atoms with Gasteiger partial charge in [-0.2, -0.15) is 0 Å². The van der Waals surface area contributed by atoms with Crippen LogP contribution in [0.5, 0.6) is 0 Å². The van der Waals surface area contributed by atoms with Crippen molar-refractivity contribution < 1.29 is 4.74 Å². The van der Waals surface area contributed by atoms with Gasteiger partial charge in [-0.25, -0.2) is 4.98 Å². The molecular formula is C40H54N2O. The average Bonchev–Trinajstić information content (AvgIpc) is 3.47. The molecule has 0 bridgehead atoms. The van der Waals surface area contributed by atoms with Gasteiger partial charge in [0.15, 0.2) is 0 Å². The number of imidazole rings is 1. The predicted octanol–water partition coefficient (Wildman–Crippen LogP) is 10.5. The average molecular weight is 579 g/mol. The van der Waals surface area contributed by atoms with Crippen LogP contribution in [0.2, 0.25) is 0 Å². The Balaban J connectivity index is 1.55. The standard InChI is InChI=1S/C40H54N2O/c1-7-8-9-10-11-21-28-37(38(2,3)4)39(5,6)43-30-29-36-31-42(32-41-36)40(33-22-15-12-16-23-33,34-24-17-13-18-25-34)35-26-19-14-20-27-35/h12-20,22-27,31-32,37H,7-11,21,28-30H2,1-6H3. The summed E-state index contributed by atoms with van der Waals surface area (Å²) in [5.41, 5.74) is 4.11. The van der Waals surface area contributed by atoms with E-state index in [1.54, 1.807) is 0 Å². The lowest BCUT2D eigenvalue weighted by Gasteiger charge is -2.43. The molecule has 0 saturated heterocycles. The van der Waals surface area contributed by atoms with Gasteiger partial charge in [-0.1, -0.05) is 157 Å². The second kappa shape index (κ2) is 15.0. The van der Waals surface area contributed by atoms with Crippen molar-refractivity contribution in [1.82, 2.24) is 9.55 Å². The van der Waals surface area contributed by atoms with Crippen molar-refractivity contribution in [3.05, 3.63) is 126 Å². The Morgan fingerprint density at radius 1 is 0.674 bits per heavy atom. The fourth-order valence-electron chi connectivity index (χ4n) is 7.13. The number of aromatic nitrogens is 2. The van der Waals surface area contributed by atoms with Gasteiger partial charge in [0.1, 0.15) is 5.54 Å². The van der Waals surface area contributed by atoms with Gasteiger partial charge in [-0.15, -0.1) is 0 Å². The monoisotopic (exact) mass is 578 g/mol. The molecule has 0 aliphatic heterocycles. The maximum atomic E-state index is 6.72. The number of hydrogen-bond acceptors (Lipinski definition) is 2. The lowest BCUT2D eigenvalue weighted by atomic mass is 9.69. The fourth-order valence-corrected chi connectivity index (χ4v) is 7.13. The summed E-state index contributed by atoms with van der Waals surface area (Å²) < 4.78 is 9.01. The van der Waals surface area contributed by atoms with Crippen LogP contribution in [-0.2, 0) is 16.7 Å². The third-order valence-corrected chi connectivity index (χ3v) is 9.16. The third kappa shape index (κ3) is 8.06. The molecule has 4 rings (SSSR count). The van der Waals surface area contributed by atoms with Crippen molar-refractivity contribution in [2.45, 2.75) is 104 Å². The zero-order valence-corrected chi connectivity index (χ0v) is 27.6. The first-order valence-electron chi connectivity index (χ1n) is 16.5. The highest BCUT2D eigenvalue weighted by Crippen LogP contribution is 2.42. The summed E-state index contributed by atoms with van der Waals surface area (Å²) in [4.78, 5) is 4.94. The van der Waals surface area contributed by atoms with Crippen LogP contribution in [0.25, 0.3) is 0 Å². The van der Waals surface area contributed by atoms with E-state index in [2.05, 4.69) is 143 Å². The van der Waals surface area contributed by atoms with Gasteiger partial charge in [0.05, 0.1) is 24.2 Å². The molecule has 43 heavy (non-hydrogen) atoms. The molecule has 0 fully saturated rings. The van der Waals surface area contributed by atoms with E-state index in [0.29, 0.717) is 12.5 Å². The predicted molar refractivity (Wildman–Crippen MR) is 182 cm³/mol. The number of nitrogens with zero attached hydrogens (tertiary/aromatic N) is 2. The Kier molecular flexibility index (Phi) is 11.4. The van der Waals surface area contributed by atoms with Crippen molar-refractivity contribution in [2.24, 2.45) is 11.3 Å². The Labute approximate surface area is 261 Å². The maximum absolute atomic E-state index is 6.72. The number of unbranched alkanes of at least 4 members (excludes halogenated alkanes) is 5. The fraction of sp³-hybridized carbons (Fsp3) is 0.475. The van der Waals surface area contributed by atoms with Crippen LogP contribution in [-0.4, -0.2) is 21.8 Å². The largest absolute Gasteiger partial charge is 0.375 e. The smallest absolute Gasteiger partial charge is 0.121 e. The quantitative estimate of drug-likeness (QED) is 0.0977. The van der Waals surface area contributed by atoms with Crippen LogP contribution in [0.4, 0.5) is 0 Å². The highest BCUT2D eigenvalue weighted by Gasteiger charge is 2.39. The van der Waals surface area contributed by atoms with E-state index < -0.39 is 5.54 Å². The van der Waals surface area contributed by atoms with Gasteiger partial charge in [0.2, 0.25) is 0 Å². The van der Waals surface area contributed by atoms with E-state index in [-0.39, 0.29) is 11.0 Å². The van der Waals surface area contributed by atoms with E-state index in [0.717, 1.165) is 12.1 Å². The molecule has 0 amide bonds. The first-order chi connectivity index (χ1) is 20.7. The maximum Gasteiger partial charge on any atom is 0.121 e. The number of ether oxygens (including phenoxy) is 1. The van der Waals surface area contributed by atoms with Gasteiger partial charge >= 0.3 is 0 Å². The summed E-state index contributed by atoms with van der Waals surface area (Å²) in [6.07, 6.45) is 14.2. The first kappa shape index (κ1) is 32.7. The SMILES string of the molecule is CCCCCCCCC(C(C)(C)C)C(C)(C)OCCc1cn(C(c2ccccc2)(c2ccccc2)c2ccccc2)cn1. The Morgan fingerprint density at radius 2 is 1.16 bits per heavy atom. The van der Waals surface area contributed by atoms with Crippen molar-refractivity contribution in [2.75, 3.05) is 6.61 Å². The summed E-state index contributed by atoms with van der Waals surface area (Å²) in [5, 5.41) is 0. The number of benzene rings is 3. The molecule has 4 aromatic rings. The molecule has 0 aliphatic carbocycles. The second-order valence-corrected chi connectivity index (χ2v) is 13.8. The van der Waals surface area contributed by atoms with Crippen LogP contribution in [0, 0.1) is 11.3 Å². The van der Waals surface area contributed by atoms with Crippen LogP contribution in [0.1, 0.15) is 109 Å². The summed E-state index contributed by atoms with van der Waals surface area (Å²) in [5.74, 6) is 0.491. The minimum atomic E-state index is -0.538. The molecule has 3 nitrogen and oxygen atoms in total. The Hall–Kier alpha value is -3.17. The van der Waals surface area contributed by atoms with Gasteiger partial charge in [0.25, 0.3) is 0 Å². The van der Waals surface area contributed by atoms with Crippen LogP contribution >= 0.6 is 0 Å². The van der Waals surface area contributed by atoms with Gasteiger partial charge in [-0.3, -0.25) is 0 Å². The van der Waals surface area contributed by atoms with Gasteiger partial charge in [0, 0.05) is 12.6 Å². The minimum Gasteiger partial charge on any atom is -0.375 e. The molecule has 1 heterocycles. The molecule has 0 N–H and O–H groups in total. The zero-order chi connectivity index (χ0) is 30.8. The number of rotatable bonds is 16. The van der Waals surface area contributed by atoms with Crippen LogP contribution in [0.3, 0.4) is 0 Å². The second-order valence-electron chi connectivity index (χ2n) is 13.8. The molecule has 0 radical (unpaired) electrons. The molecule has 0 spiro atoms. The molecule has 3 heteroatoms. The van der Waals surface area contributed by atoms with Gasteiger partial charge in [-0.05, 0) is 48.3 Å². The molecule has 3 aromatic carbocycles. The summed E-state index contributed by atoms with van der Waals surface area (Å²) in [6, 6.07) is 32.3. The van der Waals surface area contributed by atoms with Crippen molar-refractivity contribution >= 4 is 0 Å². The van der Waals surface area contributed by atoms with E-state index in [1.807, 2.05) is 6.33 Å². The van der Waals surface area contributed by atoms with Gasteiger partial charge < -0.3 is 9.30 Å². The van der Waals surface area contributed by atoms with Crippen molar-refractivity contribution in [1.29, 1.82) is 0 Å². The topological polar surface area (TPSA) is 27.1 Å². The highest BCUT2D eigenvalue weighted by atomic mass is 16.5. The zero-order valence-electron chi connectivity index (χ0n) is 27.6. The molecule has 1 atom stereocenters. The first-order valence-corrected chi connectivity index (χ1v) is 16.5. The minimum absolute atomic E-state index is 0.190. The van der Waals surface area contributed by atoms with E-state index in [9.17, 15) is 0 Å². The van der Waals surface area contributed by atoms with Crippen molar-refractivity contribution in [3.63, 3.8) is 0 Å². The highest BCUT2D eigenvalue weighted by molar-refractivity contribution is 5.50. The van der Waals surface area contributed by atoms with E-state index >= 15 is 0 Å². The number of hydrogen-bond donors (Lipinski definition) is 0. The molecule has 230 valence electrons. The summed E-state index contributed by atoms with van der Waals surface area (Å²) in [7, 11) is 0. The molecule has 0 saturated carbocycles. The molecule has 1 aromatic heterocycles. The van der Waals surface area contributed by atoms with E-state index in [1.165, 1.54) is 61.6 Å². The Bertz CT molecular complexity index is 1240. The molecule has 0 aliphatic rings. The molecule has 1 unspecified atom stereocenters. The Morgan fingerprint density at radius 3 is 1.65 bits per heavy atom. The van der Waals surface area contributed by atoms with Crippen LogP contribution in [0.15, 0.2) is 104 Å². The van der Waals surface area contributed by atoms with Crippen molar-refractivity contribution in [3.8, 4) is 0 Å². The summed E-state index contributed by atoms with van der Waals surface area (Å²) >= 11 is 0. The van der Waals surface area contributed by atoms with E-state index in [4.69, 9.17) is 9.72 Å². The lowest BCUT2D eigenvalue weighted by molar-refractivity contribution is -0.0944.